The minimum absolute atomic E-state index is 0.155. The van der Waals surface area contributed by atoms with E-state index in [0.717, 1.165) is 49.7 Å². The van der Waals surface area contributed by atoms with Crippen molar-refractivity contribution in [2.24, 2.45) is 0 Å². The van der Waals surface area contributed by atoms with Crippen LogP contribution in [0.2, 0.25) is 0 Å². The molecule has 1 aliphatic rings. The van der Waals surface area contributed by atoms with Crippen LogP contribution in [0, 0.1) is 0 Å². The second-order valence-corrected chi connectivity index (χ2v) is 8.79. The fourth-order valence-electron chi connectivity index (χ4n) is 4.52. The van der Waals surface area contributed by atoms with Crippen LogP contribution in [0.25, 0.3) is 0 Å². The van der Waals surface area contributed by atoms with Gasteiger partial charge in [-0.15, -0.1) is 0 Å². The van der Waals surface area contributed by atoms with Gasteiger partial charge in [0.1, 0.15) is 11.5 Å². The first-order chi connectivity index (χ1) is 18.0. The Morgan fingerprint density at radius 3 is 2.05 bits per heavy atom. The molecule has 0 aliphatic carbocycles. The summed E-state index contributed by atoms with van der Waals surface area (Å²) >= 11 is 0. The molecule has 2 N–H and O–H groups in total. The molecular formula is C29H34N4O4. The SMILES string of the molecule is CCCNC(=O)c1cc(NC(=O)c2ccccc2OC)ccc1N1CCN(c2ccccc2OC)CC1. The maximum Gasteiger partial charge on any atom is 0.259 e. The molecule has 0 unspecified atom stereocenters. The molecule has 194 valence electrons. The smallest absolute Gasteiger partial charge is 0.259 e. The van der Waals surface area contributed by atoms with E-state index < -0.39 is 0 Å². The van der Waals surface area contributed by atoms with E-state index in [1.165, 1.54) is 7.11 Å². The van der Waals surface area contributed by atoms with Crippen molar-refractivity contribution < 1.29 is 19.1 Å². The Morgan fingerprint density at radius 1 is 0.757 bits per heavy atom. The molecule has 1 fully saturated rings. The predicted molar refractivity (Wildman–Crippen MR) is 147 cm³/mol. The van der Waals surface area contributed by atoms with E-state index >= 15 is 0 Å². The van der Waals surface area contributed by atoms with Crippen molar-refractivity contribution >= 4 is 28.9 Å². The Morgan fingerprint density at radius 2 is 1.38 bits per heavy atom. The molecule has 3 aromatic carbocycles. The summed E-state index contributed by atoms with van der Waals surface area (Å²) in [4.78, 5) is 30.6. The first-order valence-electron chi connectivity index (χ1n) is 12.5. The van der Waals surface area contributed by atoms with Gasteiger partial charge in [0.05, 0.1) is 31.0 Å². The van der Waals surface area contributed by atoms with Crippen molar-refractivity contribution in [3.05, 3.63) is 77.9 Å². The van der Waals surface area contributed by atoms with Gasteiger partial charge in [-0.05, 0) is 48.9 Å². The number of benzene rings is 3. The number of nitrogens with zero attached hydrogens (tertiary/aromatic N) is 2. The molecule has 0 bridgehead atoms. The summed E-state index contributed by atoms with van der Waals surface area (Å²) in [6.45, 7) is 5.68. The van der Waals surface area contributed by atoms with E-state index in [9.17, 15) is 9.59 Å². The molecule has 4 rings (SSSR count). The predicted octanol–water partition coefficient (Wildman–Crippen LogP) is 4.42. The normalized spacial score (nSPS) is 13.2. The van der Waals surface area contributed by atoms with Crippen molar-refractivity contribution in [3.63, 3.8) is 0 Å². The second kappa shape index (κ2) is 12.2. The zero-order chi connectivity index (χ0) is 26.2. The number of carbonyl (C=O) groups excluding carboxylic acids is 2. The lowest BCUT2D eigenvalue weighted by Crippen LogP contribution is -2.47. The lowest BCUT2D eigenvalue weighted by Gasteiger charge is -2.38. The van der Waals surface area contributed by atoms with Crippen LogP contribution < -0.4 is 29.9 Å². The zero-order valence-corrected chi connectivity index (χ0v) is 21.6. The highest BCUT2D eigenvalue weighted by Gasteiger charge is 2.24. The van der Waals surface area contributed by atoms with Crippen LogP contribution >= 0.6 is 0 Å². The molecule has 0 saturated carbocycles. The molecule has 0 spiro atoms. The number of carbonyl (C=O) groups is 2. The number of hydrogen-bond donors (Lipinski definition) is 2. The Hall–Kier alpha value is -4.20. The highest BCUT2D eigenvalue weighted by molar-refractivity contribution is 6.07. The highest BCUT2D eigenvalue weighted by atomic mass is 16.5. The lowest BCUT2D eigenvalue weighted by molar-refractivity contribution is 0.0952. The van der Waals surface area contributed by atoms with Crippen LogP contribution in [0.5, 0.6) is 11.5 Å². The van der Waals surface area contributed by atoms with Crippen LogP contribution in [0.1, 0.15) is 34.1 Å². The van der Waals surface area contributed by atoms with Gasteiger partial charge in [0.25, 0.3) is 11.8 Å². The number of para-hydroxylation sites is 3. The maximum atomic E-state index is 13.1. The number of rotatable bonds is 9. The molecule has 1 heterocycles. The third-order valence-electron chi connectivity index (χ3n) is 6.43. The number of nitrogens with one attached hydrogen (secondary N) is 2. The first-order valence-corrected chi connectivity index (χ1v) is 12.5. The topological polar surface area (TPSA) is 83.1 Å². The second-order valence-electron chi connectivity index (χ2n) is 8.79. The average molecular weight is 503 g/mol. The highest BCUT2D eigenvalue weighted by Crippen LogP contribution is 2.31. The standard InChI is InChI=1S/C29H34N4O4/c1-4-15-30-28(34)23-20-21(31-29(35)22-9-5-7-11-26(22)36-2)13-14-24(23)32-16-18-33(19-17-32)25-10-6-8-12-27(25)37-3/h5-14,20H,4,15-19H2,1-3H3,(H,30,34)(H,31,35). The summed E-state index contributed by atoms with van der Waals surface area (Å²) in [5.74, 6) is 0.893. The van der Waals surface area contributed by atoms with Crippen molar-refractivity contribution in [1.29, 1.82) is 0 Å². The van der Waals surface area contributed by atoms with E-state index in [1.807, 2.05) is 43.3 Å². The molecule has 0 atom stereocenters. The van der Waals surface area contributed by atoms with Crippen LogP contribution in [0.4, 0.5) is 17.1 Å². The van der Waals surface area contributed by atoms with Crippen LogP contribution in [0.15, 0.2) is 66.7 Å². The fourth-order valence-corrected chi connectivity index (χ4v) is 4.52. The van der Waals surface area contributed by atoms with Gasteiger partial charge < -0.3 is 29.9 Å². The van der Waals surface area contributed by atoms with E-state index in [1.54, 1.807) is 31.4 Å². The van der Waals surface area contributed by atoms with Crippen molar-refractivity contribution in [3.8, 4) is 11.5 Å². The third kappa shape index (κ3) is 5.97. The molecule has 37 heavy (non-hydrogen) atoms. The van der Waals surface area contributed by atoms with E-state index in [-0.39, 0.29) is 11.8 Å². The molecule has 0 aromatic heterocycles. The number of hydrogen-bond acceptors (Lipinski definition) is 6. The number of methoxy groups -OCH3 is 2. The monoisotopic (exact) mass is 502 g/mol. The number of ether oxygens (including phenoxy) is 2. The molecule has 1 saturated heterocycles. The van der Waals surface area contributed by atoms with Gasteiger partial charge in [0.15, 0.2) is 0 Å². The van der Waals surface area contributed by atoms with E-state index in [2.05, 4.69) is 26.5 Å². The number of amides is 2. The molecule has 1 aliphatic heterocycles. The van der Waals surface area contributed by atoms with Gasteiger partial charge in [-0.2, -0.15) is 0 Å². The molecular weight excluding hydrogens is 468 g/mol. The maximum absolute atomic E-state index is 13.1. The van der Waals surface area contributed by atoms with Gasteiger partial charge in [-0.3, -0.25) is 9.59 Å². The number of piperazine rings is 1. The minimum Gasteiger partial charge on any atom is -0.496 e. The fraction of sp³-hybridized carbons (Fsp3) is 0.310. The molecule has 3 aromatic rings. The van der Waals surface area contributed by atoms with Gasteiger partial charge in [-0.1, -0.05) is 31.2 Å². The average Bonchev–Trinajstić information content (AvgIpc) is 2.95. The van der Waals surface area contributed by atoms with Crippen molar-refractivity contribution in [1.82, 2.24) is 5.32 Å². The summed E-state index contributed by atoms with van der Waals surface area (Å²) in [5.41, 5.74) is 3.44. The third-order valence-corrected chi connectivity index (χ3v) is 6.43. The summed E-state index contributed by atoms with van der Waals surface area (Å²) in [6.07, 6.45) is 0.836. The first kappa shape index (κ1) is 25.9. The largest absolute Gasteiger partial charge is 0.496 e. The Kier molecular flexibility index (Phi) is 8.51. The Balaban J connectivity index is 1.55. The molecule has 2 amide bonds. The van der Waals surface area contributed by atoms with Crippen molar-refractivity contribution in [2.75, 3.05) is 62.1 Å². The summed E-state index contributed by atoms with van der Waals surface area (Å²) in [6, 6.07) is 20.6. The molecule has 8 heteroatoms. The molecule has 8 nitrogen and oxygen atoms in total. The van der Waals surface area contributed by atoms with Crippen LogP contribution in [0.3, 0.4) is 0 Å². The lowest BCUT2D eigenvalue weighted by atomic mass is 10.1. The summed E-state index contributed by atoms with van der Waals surface area (Å²) in [5, 5.41) is 5.90. The van der Waals surface area contributed by atoms with Crippen molar-refractivity contribution in [2.45, 2.75) is 13.3 Å². The quantitative estimate of drug-likeness (QED) is 0.451. The Bertz CT molecular complexity index is 1240. The van der Waals surface area contributed by atoms with Gasteiger partial charge in [-0.25, -0.2) is 0 Å². The van der Waals surface area contributed by atoms with Gasteiger partial charge in [0.2, 0.25) is 0 Å². The van der Waals surface area contributed by atoms with Gasteiger partial charge in [0, 0.05) is 44.1 Å². The van der Waals surface area contributed by atoms with Crippen LogP contribution in [-0.2, 0) is 0 Å². The zero-order valence-electron chi connectivity index (χ0n) is 21.6. The van der Waals surface area contributed by atoms with Gasteiger partial charge >= 0.3 is 0 Å². The van der Waals surface area contributed by atoms with Crippen LogP contribution in [-0.4, -0.2) is 58.8 Å². The minimum atomic E-state index is -0.296. The summed E-state index contributed by atoms with van der Waals surface area (Å²) < 4.78 is 10.9. The Labute approximate surface area is 218 Å². The molecule has 0 radical (unpaired) electrons. The van der Waals surface area contributed by atoms with E-state index in [4.69, 9.17) is 9.47 Å². The number of anilines is 3. The summed E-state index contributed by atoms with van der Waals surface area (Å²) in [7, 11) is 3.22. The van der Waals surface area contributed by atoms with E-state index in [0.29, 0.717) is 29.1 Å².